The molecule has 0 bridgehead atoms. The summed E-state index contributed by atoms with van der Waals surface area (Å²) >= 11 is 0. The lowest BCUT2D eigenvalue weighted by Crippen LogP contribution is -2.24. The van der Waals surface area contributed by atoms with Crippen molar-refractivity contribution in [2.24, 2.45) is 11.3 Å². The fourth-order valence-corrected chi connectivity index (χ4v) is 3.80. The van der Waals surface area contributed by atoms with Crippen LogP contribution in [0.25, 0.3) is 0 Å². The number of aryl methyl sites for hydroxylation is 1. The van der Waals surface area contributed by atoms with Crippen LogP contribution in [0.5, 0.6) is 0 Å². The smallest absolute Gasteiger partial charge is 0.224 e. The minimum absolute atomic E-state index is 0.00965. The molecule has 1 aromatic rings. The van der Waals surface area contributed by atoms with Crippen molar-refractivity contribution in [1.82, 2.24) is 0 Å². The maximum Gasteiger partial charge on any atom is 0.224 e. The molecule has 0 aromatic heterocycles. The first kappa shape index (κ1) is 14.4. The molecule has 1 aliphatic heterocycles. The Morgan fingerprint density at radius 3 is 2.71 bits per heavy atom. The molecule has 1 amide bonds. The molecule has 4 heteroatoms. The summed E-state index contributed by atoms with van der Waals surface area (Å²) in [6.07, 6.45) is 3.24. The monoisotopic (exact) mass is 290 g/mol. The van der Waals surface area contributed by atoms with Crippen LogP contribution >= 0.6 is 0 Å². The van der Waals surface area contributed by atoms with E-state index in [4.69, 9.17) is 0 Å². The Hall–Kier alpha value is -1.58. The van der Waals surface area contributed by atoms with Crippen molar-refractivity contribution >= 4 is 17.3 Å². The first-order chi connectivity index (χ1) is 9.84. The molecule has 2 N–H and O–H groups in total. The zero-order valence-corrected chi connectivity index (χ0v) is 12.9. The summed E-state index contributed by atoms with van der Waals surface area (Å²) in [4.78, 5) is 11.5. The molecule has 1 aliphatic carbocycles. The summed E-state index contributed by atoms with van der Waals surface area (Å²) in [7, 11) is 0. The van der Waals surface area contributed by atoms with E-state index < -0.39 is 0 Å². The maximum absolute atomic E-state index is 14.3. The third kappa shape index (κ3) is 2.89. The molecule has 2 atom stereocenters. The minimum Gasteiger partial charge on any atom is -0.380 e. The Labute approximate surface area is 125 Å². The predicted octanol–water partition coefficient (Wildman–Crippen LogP) is 3.95. The molecule has 2 aliphatic rings. The largest absolute Gasteiger partial charge is 0.380 e. The van der Waals surface area contributed by atoms with Crippen LogP contribution in [0.3, 0.4) is 0 Å². The highest BCUT2D eigenvalue weighted by atomic mass is 19.1. The molecule has 1 fully saturated rings. The minimum atomic E-state index is -0.221. The van der Waals surface area contributed by atoms with Gasteiger partial charge in [0.2, 0.25) is 5.91 Å². The van der Waals surface area contributed by atoms with Crippen molar-refractivity contribution < 1.29 is 9.18 Å². The van der Waals surface area contributed by atoms with Crippen molar-refractivity contribution in [3.8, 4) is 0 Å². The van der Waals surface area contributed by atoms with E-state index in [2.05, 4.69) is 31.4 Å². The number of rotatable bonds is 2. The summed E-state index contributed by atoms with van der Waals surface area (Å²) in [6.45, 7) is 6.73. The van der Waals surface area contributed by atoms with Crippen molar-refractivity contribution in [3.05, 3.63) is 23.5 Å². The van der Waals surface area contributed by atoms with Gasteiger partial charge in [0.1, 0.15) is 5.82 Å². The highest BCUT2D eigenvalue weighted by Gasteiger charge is 2.37. The van der Waals surface area contributed by atoms with Gasteiger partial charge < -0.3 is 10.6 Å². The van der Waals surface area contributed by atoms with Crippen molar-refractivity contribution in [3.63, 3.8) is 0 Å². The topological polar surface area (TPSA) is 41.1 Å². The van der Waals surface area contributed by atoms with E-state index in [0.717, 1.165) is 24.1 Å². The quantitative estimate of drug-likeness (QED) is 0.866. The lowest BCUT2D eigenvalue weighted by Gasteiger charge is -2.23. The SMILES string of the molecule is CC1CC(C)(C)CC1Nc1cc2c(cc1F)CCC(=O)N2. The first-order valence-corrected chi connectivity index (χ1v) is 7.73. The standard InChI is InChI=1S/C17H23FN2O/c1-10-8-17(2,3)9-15(10)19-14-7-13-11(6-12(14)18)4-5-16(21)20-13/h6-7,10,15,19H,4-5,8-9H2,1-3H3,(H,20,21). The van der Waals surface area contributed by atoms with Crippen LogP contribution in [0.4, 0.5) is 15.8 Å². The van der Waals surface area contributed by atoms with Gasteiger partial charge in [0.05, 0.1) is 5.69 Å². The lowest BCUT2D eigenvalue weighted by atomic mass is 9.91. The summed E-state index contributed by atoms with van der Waals surface area (Å²) < 4.78 is 14.3. The van der Waals surface area contributed by atoms with E-state index >= 15 is 0 Å². The number of benzene rings is 1. The second-order valence-corrected chi connectivity index (χ2v) is 7.34. The van der Waals surface area contributed by atoms with Gasteiger partial charge >= 0.3 is 0 Å². The second-order valence-electron chi connectivity index (χ2n) is 7.34. The van der Waals surface area contributed by atoms with Gasteiger partial charge in [-0.2, -0.15) is 0 Å². The van der Waals surface area contributed by atoms with Crippen molar-refractivity contribution in [2.75, 3.05) is 10.6 Å². The van der Waals surface area contributed by atoms with E-state index in [9.17, 15) is 9.18 Å². The van der Waals surface area contributed by atoms with Crippen LogP contribution in [-0.2, 0) is 11.2 Å². The molecule has 3 rings (SSSR count). The van der Waals surface area contributed by atoms with E-state index in [1.165, 1.54) is 0 Å². The number of amides is 1. The number of fused-ring (bicyclic) bond motifs is 1. The molecule has 1 aromatic carbocycles. The van der Waals surface area contributed by atoms with E-state index in [0.29, 0.717) is 29.9 Å². The van der Waals surface area contributed by atoms with Gasteiger partial charge in [-0.05, 0) is 48.3 Å². The van der Waals surface area contributed by atoms with Gasteiger partial charge in [0.25, 0.3) is 0 Å². The maximum atomic E-state index is 14.3. The van der Waals surface area contributed by atoms with Gasteiger partial charge in [0.15, 0.2) is 0 Å². The fraction of sp³-hybridized carbons (Fsp3) is 0.588. The molecule has 114 valence electrons. The first-order valence-electron chi connectivity index (χ1n) is 7.73. The Morgan fingerprint density at radius 1 is 1.29 bits per heavy atom. The number of carbonyl (C=O) groups excluding carboxylic acids is 1. The molecule has 21 heavy (non-hydrogen) atoms. The van der Waals surface area contributed by atoms with E-state index in [1.54, 1.807) is 12.1 Å². The number of carbonyl (C=O) groups is 1. The molecule has 0 spiro atoms. The van der Waals surface area contributed by atoms with Crippen LogP contribution in [0, 0.1) is 17.2 Å². The van der Waals surface area contributed by atoms with Crippen LogP contribution < -0.4 is 10.6 Å². The Morgan fingerprint density at radius 2 is 2.05 bits per heavy atom. The predicted molar refractivity (Wildman–Crippen MR) is 82.9 cm³/mol. The summed E-state index contributed by atoms with van der Waals surface area (Å²) in [5.41, 5.74) is 2.44. The van der Waals surface area contributed by atoms with Crippen molar-refractivity contribution in [1.29, 1.82) is 0 Å². The van der Waals surface area contributed by atoms with Gasteiger partial charge in [-0.1, -0.05) is 20.8 Å². The number of anilines is 2. The molecule has 0 radical (unpaired) electrons. The molecule has 1 heterocycles. The zero-order chi connectivity index (χ0) is 15.2. The van der Waals surface area contributed by atoms with Crippen LogP contribution in [0.2, 0.25) is 0 Å². The number of nitrogens with one attached hydrogen (secondary N) is 2. The fourth-order valence-electron chi connectivity index (χ4n) is 3.80. The second kappa shape index (κ2) is 5.00. The molecule has 3 nitrogen and oxygen atoms in total. The van der Waals surface area contributed by atoms with Crippen molar-refractivity contribution in [2.45, 2.75) is 52.5 Å². The van der Waals surface area contributed by atoms with E-state index in [-0.39, 0.29) is 17.8 Å². The third-order valence-corrected chi connectivity index (χ3v) is 4.76. The normalized spacial score (nSPS) is 27.1. The molecular formula is C17H23FN2O. The summed E-state index contributed by atoms with van der Waals surface area (Å²) in [5.74, 6) is 0.308. The van der Waals surface area contributed by atoms with Crippen LogP contribution in [0.15, 0.2) is 12.1 Å². The summed E-state index contributed by atoms with van der Waals surface area (Å²) in [5, 5.41) is 6.19. The Bertz CT molecular complexity index is 582. The number of hydrogen-bond donors (Lipinski definition) is 2. The Balaban J connectivity index is 1.83. The van der Waals surface area contributed by atoms with Gasteiger partial charge in [-0.3, -0.25) is 4.79 Å². The Kier molecular flexibility index (Phi) is 3.42. The van der Waals surface area contributed by atoms with Gasteiger partial charge in [0, 0.05) is 18.2 Å². The number of halogens is 1. The number of hydrogen-bond acceptors (Lipinski definition) is 2. The average Bonchev–Trinajstić information content (AvgIpc) is 2.64. The highest BCUT2D eigenvalue weighted by molar-refractivity contribution is 5.94. The molecule has 0 saturated heterocycles. The van der Waals surface area contributed by atoms with Gasteiger partial charge in [-0.25, -0.2) is 4.39 Å². The lowest BCUT2D eigenvalue weighted by molar-refractivity contribution is -0.116. The third-order valence-electron chi connectivity index (χ3n) is 4.76. The molecule has 1 saturated carbocycles. The van der Waals surface area contributed by atoms with Gasteiger partial charge in [-0.15, -0.1) is 0 Å². The average molecular weight is 290 g/mol. The van der Waals surface area contributed by atoms with E-state index in [1.807, 2.05) is 0 Å². The molecular weight excluding hydrogens is 267 g/mol. The molecule has 2 unspecified atom stereocenters. The highest BCUT2D eigenvalue weighted by Crippen LogP contribution is 2.42. The zero-order valence-electron chi connectivity index (χ0n) is 12.9. The van der Waals surface area contributed by atoms with Crippen LogP contribution in [-0.4, -0.2) is 11.9 Å². The summed E-state index contributed by atoms with van der Waals surface area (Å²) in [6, 6.07) is 3.59. The van der Waals surface area contributed by atoms with Crippen LogP contribution in [0.1, 0.15) is 45.6 Å².